The molecule has 2 N–H and O–H groups in total. The summed E-state index contributed by atoms with van der Waals surface area (Å²) >= 11 is 0. The summed E-state index contributed by atoms with van der Waals surface area (Å²) in [5, 5.41) is 18.7. The van der Waals surface area contributed by atoms with Crippen molar-refractivity contribution in [3.8, 4) is 0 Å². The summed E-state index contributed by atoms with van der Waals surface area (Å²) in [6.45, 7) is 3.99. The molecule has 2 aromatic rings. The molecule has 0 aliphatic rings. The minimum absolute atomic E-state index is 0.0712. The van der Waals surface area contributed by atoms with Gasteiger partial charge in [-0.1, -0.05) is 0 Å². The Labute approximate surface area is 116 Å². The van der Waals surface area contributed by atoms with Gasteiger partial charge >= 0.3 is 5.97 Å². The first-order valence-corrected chi connectivity index (χ1v) is 6.45. The Hall–Kier alpha value is -2.14. The number of fused-ring (bicyclic) bond motifs is 1. The maximum absolute atomic E-state index is 11.8. The molecular formula is C15H17NO4. The van der Waals surface area contributed by atoms with E-state index in [1.165, 1.54) is 19.1 Å². The van der Waals surface area contributed by atoms with Crippen molar-refractivity contribution in [1.82, 2.24) is 4.57 Å². The van der Waals surface area contributed by atoms with Crippen molar-refractivity contribution in [2.24, 2.45) is 0 Å². The fourth-order valence-electron chi connectivity index (χ4n) is 2.58. The number of ketones is 1. The van der Waals surface area contributed by atoms with E-state index in [1.807, 2.05) is 11.5 Å². The van der Waals surface area contributed by atoms with Crippen LogP contribution in [0.4, 0.5) is 0 Å². The van der Waals surface area contributed by atoms with Crippen LogP contribution < -0.4 is 0 Å². The first-order chi connectivity index (χ1) is 9.47. The van der Waals surface area contributed by atoms with Crippen molar-refractivity contribution in [2.45, 2.75) is 26.8 Å². The Morgan fingerprint density at radius 1 is 1.30 bits per heavy atom. The number of carboxylic acids is 1. The van der Waals surface area contributed by atoms with Crippen molar-refractivity contribution in [3.63, 3.8) is 0 Å². The zero-order valence-corrected chi connectivity index (χ0v) is 11.5. The lowest BCUT2D eigenvalue weighted by Gasteiger charge is -2.07. The number of hydrogen-bond donors (Lipinski definition) is 2. The molecule has 0 amide bonds. The molecule has 106 valence electrons. The highest BCUT2D eigenvalue weighted by Gasteiger charge is 2.18. The van der Waals surface area contributed by atoms with Gasteiger partial charge in [0.2, 0.25) is 0 Å². The molecule has 0 bridgehead atoms. The molecule has 0 saturated heterocycles. The third-order valence-electron chi connectivity index (χ3n) is 3.46. The molecule has 0 unspecified atom stereocenters. The topological polar surface area (TPSA) is 79.5 Å². The molecule has 1 aromatic heterocycles. The highest BCUT2D eigenvalue weighted by molar-refractivity contribution is 6.09. The molecule has 2 rings (SSSR count). The van der Waals surface area contributed by atoms with Gasteiger partial charge in [0.05, 0.1) is 5.56 Å². The molecule has 1 aromatic carbocycles. The maximum Gasteiger partial charge on any atom is 0.335 e. The van der Waals surface area contributed by atoms with E-state index in [-0.39, 0.29) is 18.0 Å². The summed E-state index contributed by atoms with van der Waals surface area (Å²) in [5.74, 6) is -1.10. The van der Waals surface area contributed by atoms with E-state index >= 15 is 0 Å². The summed E-state index contributed by atoms with van der Waals surface area (Å²) in [6, 6.07) is 4.79. The Bertz CT molecular complexity index is 685. The van der Waals surface area contributed by atoms with Crippen LogP contribution in [0.2, 0.25) is 0 Å². The van der Waals surface area contributed by atoms with Crippen molar-refractivity contribution >= 4 is 22.7 Å². The fourth-order valence-corrected chi connectivity index (χ4v) is 2.58. The van der Waals surface area contributed by atoms with Gasteiger partial charge in [-0.25, -0.2) is 4.79 Å². The average molecular weight is 275 g/mol. The number of carboxylic acid groups (broad SMARTS) is 1. The van der Waals surface area contributed by atoms with Crippen LogP contribution in [0.5, 0.6) is 0 Å². The molecule has 0 aliphatic carbocycles. The predicted octanol–water partition coefficient (Wildman–Crippen LogP) is 2.23. The Morgan fingerprint density at radius 2 is 2.00 bits per heavy atom. The number of Topliss-reactive ketones (excluding diaryl/α,β-unsaturated/α-hetero) is 1. The number of carbonyl (C=O) groups excluding carboxylic acids is 1. The standard InChI is InChI=1S/C15H17NO4/c1-9-14(10(2)18)12-8-11(15(19)20)4-5-13(12)16(9)6-3-7-17/h4-5,8,17H,3,6-7H2,1-2H3,(H,19,20). The number of aryl methyl sites for hydroxylation is 1. The Balaban J connectivity index is 2.72. The average Bonchev–Trinajstić information content (AvgIpc) is 2.67. The van der Waals surface area contributed by atoms with Crippen LogP contribution in [-0.2, 0) is 6.54 Å². The summed E-state index contributed by atoms with van der Waals surface area (Å²) in [7, 11) is 0. The minimum Gasteiger partial charge on any atom is -0.478 e. The van der Waals surface area contributed by atoms with Crippen LogP contribution in [-0.4, -0.2) is 33.1 Å². The number of aromatic carboxylic acids is 1. The van der Waals surface area contributed by atoms with Crippen molar-refractivity contribution in [1.29, 1.82) is 0 Å². The van der Waals surface area contributed by atoms with E-state index in [0.29, 0.717) is 23.9 Å². The van der Waals surface area contributed by atoms with Gasteiger partial charge in [-0.05, 0) is 38.5 Å². The second-order valence-electron chi connectivity index (χ2n) is 4.78. The van der Waals surface area contributed by atoms with E-state index in [9.17, 15) is 9.59 Å². The molecule has 0 aliphatic heterocycles. The van der Waals surface area contributed by atoms with Crippen LogP contribution in [0, 0.1) is 6.92 Å². The molecule has 1 heterocycles. The molecular weight excluding hydrogens is 258 g/mol. The Morgan fingerprint density at radius 3 is 2.55 bits per heavy atom. The van der Waals surface area contributed by atoms with E-state index in [2.05, 4.69) is 0 Å². The molecule has 5 nitrogen and oxygen atoms in total. The Kier molecular flexibility index (Phi) is 3.90. The van der Waals surface area contributed by atoms with Crippen LogP contribution >= 0.6 is 0 Å². The van der Waals surface area contributed by atoms with Crippen LogP contribution in [0.1, 0.15) is 39.8 Å². The number of carbonyl (C=O) groups is 2. The van der Waals surface area contributed by atoms with E-state index < -0.39 is 5.97 Å². The molecule has 5 heteroatoms. The van der Waals surface area contributed by atoms with E-state index in [0.717, 1.165) is 11.2 Å². The van der Waals surface area contributed by atoms with Gasteiger partial charge in [0, 0.05) is 35.3 Å². The monoisotopic (exact) mass is 275 g/mol. The van der Waals surface area contributed by atoms with Gasteiger partial charge in [0.15, 0.2) is 5.78 Å². The molecule has 0 radical (unpaired) electrons. The molecule has 20 heavy (non-hydrogen) atoms. The molecule has 0 saturated carbocycles. The second-order valence-corrected chi connectivity index (χ2v) is 4.78. The normalized spacial score (nSPS) is 10.9. The lowest BCUT2D eigenvalue weighted by molar-refractivity contribution is 0.0696. The minimum atomic E-state index is -1.01. The summed E-state index contributed by atoms with van der Waals surface area (Å²) in [6.07, 6.45) is 0.586. The molecule has 0 fully saturated rings. The summed E-state index contributed by atoms with van der Waals surface area (Å²) < 4.78 is 1.95. The van der Waals surface area contributed by atoms with Crippen LogP contribution in [0.15, 0.2) is 18.2 Å². The van der Waals surface area contributed by atoms with E-state index in [1.54, 1.807) is 6.07 Å². The van der Waals surface area contributed by atoms with Crippen molar-refractivity contribution in [2.75, 3.05) is 6.61 Å². The fraction of sp³-hybridized carbons (Fsp3) is 0.333. The lowest BCUT2D eigenvalue weighted by Crippen LogP contribution is -2.03. The van der Waals surface area contributed by atoms with Crippen LogP contribution in [0.25, 0.3) is 10.9 Å². The largest absolute Gasteiger partial charge is 0.478 e. The zero-order valence-electron chi connectivity index (χ0n) is 11.5. The van der Waals surface area contributed by atoms with Crippen molar-refractivity contribution in [3.05, 3.63) is 35.0 Å². The van der Waals surface area contributed by atoms with Gasteiger partial charge in [-0.3, -0.25) is 4.79 Å². The number of rotatable bonds is 5. The number of aromatic nitrogens is 1. The third kappa shape index (κ3) is 2.32. The van der Waals surface area contributed by atoms with Gasteiger partial charge in [-0.15, -0.1) is 0 Å². The van der Waals surface area contributed by atoms with Crippen molar-refractivity contribution < 1.29 is 19.8 Å². The number of hydrogen-bond acceptors (Lipinski definition) is 3. The summed E-state index contributed by atoms with van der Waals surface area (Å²) in [5.41, 5.74) is 2.36. The molecule has 0 atom stereocenters. The maximum atomic E-state index is 11.8. The molecule has 0 spiro atoms. The van der Waals surface area contributed by atoms with E-state index in [4.69, 9.17) is 10.2 Å². The quantitative estimate of drug-likeness (QED) is 0.820. The third-order valence-corrected chi connectivity index (χ3v) is 3.46. The second kappa shape index (κ2) is 5.46. The summed E-state index contributed by atoms with van der Waals surface area (Å²) in [4.78, 5) is 22.9. The number of benzene rings is 1. The highest BCUT2D eigenvalue weighted by Crippen LogP contribution is 2.27. The first-order valence-electron chi connectivity index (χ1n) is 6.45. The lowest BCUT2D eigenvalue weighted by atomic mass is 10.1. The van der Waals surface area contributed by atoms with Gasteiger partial charge in [-0.2, -0.15) is 0 Å². The number of aliphatic hydroxyl groups is 1. The number of aliphatic hydroxyl groups excluding tert-OH is 1. The van der Waals surface area contributed by atoms with Gasteiger partial charge in [0.25, 0.3) is 0 Å². The van der Waals surface area contributed by atoms with Crippen LogP contribution in [0.3, 0.4) is 0 Å². The SMILES string of the molecule is CC(=O)c1c(C)n(CCCO)c2ccc(C(=O)O)cc12. The first kappa shape index (κ1) is 14.3. The van der Waals surface area contributed by atoms with Gasteiger partial charge in [0.1, 0.15) is 0 Å². The smallest absolute Gasteiger partial charge is 0.335 e. The highest BCUT2D eigenvalue weighted by atomic mass is 16.4. The number of nitrogens with zero attached hydrogens (tertiary/aromatic N) is 1. The predicted molar refractivity (Wildman–Crippen MR) is 75.3 cm³/mol. The zero-order chi connectivity index (χ0) is 14.9. The van der Waals surface area contributed by atoms with Gasteiger partial charge < -0.3 is 14.8 Å².